The Morgan fingerprint density at radius 2 is 2.18 bits per heavy atom. The average molecular weight is 158 g/mol. The minimum Gasteiger partial charge on any atom is -0.316 e. The van der Waals surface area contributed by atoms with Crippen LogP contribution in [0.25, 0.3) is 0 Å². The molecule has 1 saturated heterocycles. The molecule has 0 spiro atoms. The van der Waals surface area contributed by atoms with Gasteiger partial charge in [0.05, 0.1) is 6.54 Å². The van der Waals surface area contributed by atoms with Crippen LogP contribution < -0.4 is 5.32 Å². The van der Waals surface area contributed by atoms with Gasteiger partial charge in [-0.05, 0) is 25.9 Å². The first-order valence-corrected chi connectivity index (χ1v) is 3.70. The van der Waals surface area contributed by atoms with Gasteiger partial charge in [-0.2, -0.15) is 0 Å². The normalized spacial score (nSPS) is 22.3. The van der Waals surface area contributed by atoms with Gasteiger partial charge in [0.2, 0.25) is 6.08 Å². The molecular weight excluding hydrogens is 147 g/mol. The zero-order valence-electron chi connectivity index (χ0n) is 6.27. The number of hydrogen-bond donors (Lipinski definition) is 1. The highest BCUT2D eigenvalue weighted by Gasteiger charge is 2.31. The van der Waals surface area contributed by atoms with E-state index in [2.05, 4.69) is 10.3 Å². The summed E-state index contributed by atoms with van der Waals surface area (Å²) in [5.41, 5.74) is -1.26. The van der Waals surface area contributed by atoms with Crippen molar-refractivity contribution in [2.24, 2.45) is 4.99 Å². The van der Waals surface area contributed by atoms with Crippen molar-refractivity contribution in [2.75, 3.05) is 19.6 Å². The summed E-state index contributed by atoms with van der Waals surface area (Å²) < 4.78 is 13.4. The zero-order valence-corrected chi connectivity index (χ0v) is 6.27. The van der Waals surface area contributed by atoms with E-state index in [-0.39, 0.29) is 6.54 Å². The summed E-state index contributed by atoms with van der Waals surface area (Å²) in [6, 6.07) is 0. The number of aliphatic imine (C=N–C) groups is 1. The van der Waals surface area contributed by atoms with Gasteiger partial charge in [0.1, 0.15) is 5.67 Å². The van der Waals surface area contributed by atoms with Gasteiger partial charge < -0.3 is 5.32 Å². The molecule has 0 bridgehead atoms. The van der Waals surface area contributed by atoms with Crippen molar-refractivity contribution < 1.29 is 9.18 Å². The Balaban J connectivity index is 2.42. The number of hydrogen-bond acceptors (Lipinski definition) is 3. The molecule has 0 atom stereocenters. The van der Waals surface area contributed by atoms with Crippen molar-refractivity contribution in [2.45, 2.75) is 18.5 Å². The van der Waals surface area contributed by atoms with E-state index in [1.54, 1.807) is 0 Å². The summed E-state index contributed by atoms with van der Waals surface area (Å²) >= 11 is 0. The second-order valence-electron chi connectivity index (χ2n) is 2.81. The molecule has 11 heavy (non-hydrogen) atoms. The molecule has 1 heterocycles. The van der Waals surface area contributed by atoms with Gasteiger partial charge in [-0.1, -0.05) is 0 Å². The van der Waals surface area contributed by atoms with E-state index >= 15 is 0 Å². The molecule has 1 fully saturated rings. The van der Waals surface area contributed by atoms with Crippen molar-refractivity contribution in [3.8, 4) is 0 Å². The molecule has 1 N–H and O–H groups in total. The van der Waals surface area contributed by atoms with Crippen LogP contribution in [0.15, 0.2) is 4.99 Å². The van der Waals surface area contributed by atoms with Crippen molar-refractivity contribution in [1.29, 1.82) is 0 Å². The van der Waals surface area contributed by atoms with Gasteiger partial charge in [-0.3, -0.25) is 0 Å². The van der Waals surface area contributed by atoms with Crippen molar-refractivity contribution in [1.82, 2.24) is 5.32 Å². The molecule has 0 aromatic rings. The monoisotopic (exact) mass is 158 g/mol. The Kier molecular flexibility index (Phi) is 2.74. The lowest BCUT2D eigenvalue weighted by Crippen LogP contribution is -2.40. The van der Waals surface area contributed by atoms with E-state index in [4.69, 9.17) is 0 Å². The Bertz CT molecular complexity index is 171. The molecule has 0 aromatic carbocycles. The number of rotatable bonds is 2. The number of alkyl halides is 1. The summed E-state index contributed by atoms with van der Waals surface area (Å²) in [6.07, 6.45) is 2.24. The van der Waals surface area contributed by atoms with Gasteiger partial charge >= 0.3 is 0 Å². The fourth-order valence-corrected chi connectivity index (χ4v) is 1.21. The van der Waals surface area contributed by atoms with E-state index in [0.717, 1.165) is 0 Å². The lowest BCUT2D eigenvalue weighted by molar-refractivity contribution is 0.126. The van der Waals surface area contributed by atoms with E-state index < -0.39 is 5.67 Å². The molecular formula is C7H11FN2O. The predicted octanol–water partition coefficient (Wildman–Crippen LogP) is 0.414. The minimum atomic E-state index is -1.26. The predicted molar refractivity (Wildman–Crippen MR) is 38.9 cm³/mol. The lowest BCUT2D eigenvalue weighted by Gasteiger charge is -2.27. The second kappa shape index (κ2) is 3.60. The third kappa shape index (κ3) is 2.41. The van der Waals surface area contributed by atoms with Crippen LogP contribution in [0.5, 0.6) is 0 Å². The molecule has 1 aliphatic rings. The molecule has 0 radical (unpaired) electrons. The molecule has 0 amide bonds. The fraction of sp³-hybridized carbons (Fsp3) is 0.857. The second-order valence-corrected chi connectivity index (χ2v) is 2.81. The smallest absolute Gasteiger partial charge is 0.235 e. The third-order valence-corrected chi connectivity index (χ3v) is 1.93. The number of isocyanates is 1. The van der Waals surface area contributed by atoms with Crippen molar-refractivity contribution in [3.63, 3.8) is 0 Å². The molecule has 0 aliphatic carbocycles. The maximum absolute atomic E-state index is 13.4. The highest BCUT2D eigenvalue weighted by molar-refractivity contribution is 5.33. The number of piperidine rings is 1. The first kappa shape index (κ1) is 8.37. The van der Waals surface area contributed by atoms with Gasteiger partial charge in [-0.15, -0.1) is 0 Å². The topological polar surface area (TPSA) is 41.5 Å². The number of nitrogens with one attached hydrogen (secondary N) is 1. The highest BCUT2D eigenvalue weighted by Crippen LogP contribution is 2.22. The van der Waals surface area contributed by atoms with Gasteiger partial charge in [0, 0.05) is 0 Å². The molecule has 62 valence electrons. The fourth-order valence-electron chi connectivity index (χ4n) is 1.21. The average Bonchev–Trinajstić information content (AvgIpc) is 2.03. The molecule has 3 nitrogen and oxygen atoms in total. The van der Waals surface area contributed by atoms with E-state index in [9.17, 15) is 9.18 Å². The van der Waals surface area contributed by atoms with Gasteiger partial charge in [0.25, 0.3) is 0 Å². The molecule has 0 aromatic heterocycles. The maximum Gasteiger partial charge on any atom is 0.235 e. The standard InChI is InChI=1S/C7H11FN2O/c8-7(5-10-6-11)1-3-9-4-2-7/h9H,1-5H2. The lowest BCUT2D eigenvalue weighted by atomic mass is 9.95. The zero-order chi connectivity index (χ0) is 8.16. The van der Waals surface area contributed by atoms with Crippen LogP contribution in [-0.2, 0) is 4.79 Å². The Morgan fingerprint density at radius 3 is 2.73 bits per heavy atom. The Labute approximate surface area is 64.7 Å². The molecule has 1 aliphatic heterocycles. The molecule has 1 rings (SSSR count). The highest BCUT2D eigenvalue weighted by atomic mass is 19.1. The van der Waals surface area contributed by atoms with Crippen molar-refractivity contribution >= 4 is 6.08 Å². The largest absolute Gasteiger partial charge is 0.316 e. The van der Waals surface area contributed by atoms with Crippen LogP contribution in [-0.4, -0.2) is 31.4 Å². The van der Waals surface area contributed by atoms with Crippen molar-refractivity contribution in [3.05, 3.63) is 0 Å². The van der Waals surface area contributed by atoms with Gasteiger partial charge in [-0.25, -0.2) is 14.2 Å². The summed E-state index contributed by atoms with van der Waals surface area (Å²) in [7, 11) is 0. The minimum absolute atomic E-state index is 0.0296. The van der Waals surface area contributed by atoms with E-state index in [1.165, 1.54) is 6.08 Å². The Morgan fingerprint density at radius 1 is 1.55 bits per heavy atom. The summed E-state index contributed by atoms with van der Waals surface area (Å²) in [4.78, 5) is 13.0. The summed E-state index contributed by atoms with van der Waals surface area (Å²) in [5.74, 6) is 0. The number of nitrogens with zero attached hydrogens (tertiary/aromatic N) is 1. The molecule has 0 saturated carbocycles. The summed E-state index contributed by atoms with van der Waals surface area (Å²) in [5, 5.41) is 3.04. The first-order valence-electron chi connectivity index (χ1n) is 3.70. The third-order valence-electron chi connectivity index (χ3n) is 1.93. The van der Waals surface area contributed by atoms with Crippen LogP contribution >= 0.6 is 0 Å². The van der Waals surface area contributed by atoms with E-state index in [0.29, 0.717) is 25.9 Å². The number of carbonyl (C=O) groups excluding carboxylic acids is 1. The summed E-state index contributed by atoms with van der Waals surface area (Å²) in [6.45, 7) is 1.31. The van der Waals surface area contributed by atoms with Crippen LogP contribution in [0.3, 0.4) is 0 Å². The van der Waals surface area contributed by atoms with Crippen LogP contribution in [0.1, 0.15) is 12.8 Å². The molecule has 4 heteroatoms. The van der Waals surface area contributed by atoms with Gasteiger partial charge in [0.15, 0.2) is 0 Å². The Hall–Kier alpha value is -0.730. The quantitative estimate of drug-likeness (QED) is 0.467. The first-order chi connectivity index (χ1) is 5.27. The van der Waals surface area contributed by atoms with Crippen LogP contribution in [0.4, 0.5) is 4.39 Å². The maximum atomic E-state index is 13.4. The van der Waals surface area contributed by atoms with E-state index in [1.807, 2.05) is 0 Å². The molecule has 0 unspecified atom stereocenters. The van der Waals surface area contributed by atoms with Crippen LogP contribution in [0.2, 0.25) is 0 Å². The SMILES string of the molecule is O=C=NCC1(F)CCNCC1. The number of halogens is 1. The van der Waals surface area contributed by atoms with Crippen LogP contribution in [0, 0.1) is 0 Å².